The molecule has 6 rings (SSSR count). The van der Waals surface area contributed by atoms with Gasteiger partial charge in [0.05, 0.1) is 0 Å². The van der Waals surface area contributed by atoms with Crippen LogP contribution in [-0.2, 0) is 19.6 Å². The van der Waals surface area contributed by atoms with Gasteiger partial charge in [-0.25, -0.2) is 0 Å². The number of halogens is 2. The summed E-state index contributed by atoms with van der Waals surface area (Å²) in [5.41, 5.74) is 4.59. The SMILES string of the molecule is Oc1ccc(COc2ccc(Cl)cc2Cc2cc(Cl)ccc2OCc2ccc(O)c3ncccc23)c2cccnc12. The third-order valence-electron chi connectivity index (χ3n) is 6.87. The summed E-state index contributed by atoms with van der Waals surface area (Å²) in [7, 11) is 0. The second-order valence-electron chi connectivity index (χ2n) is 9.54. The highest BCUT2D eigenvalue weighted by molar-refractivity contribution is 6.31. The summed E-state index contributed by atoms with van der Waals surface area (Å²) in [5, 5.41) is 23.2. The van der Waals surface area contributed by atoms with E-state index in [0.29, 0.717) is 39.0 Å². The lowest BCUT2D eigenvalue weighted by atomic mass is 10.0. The molecule has 204 valence electrons. The fourth-order valence-electron chi connectivity index (χ4n) is 4.86. The van der Waals surface area contributed by atoms with Crippen molar-refractivity contribution >= 4 is 45.0 Å². The minimum atomic E-state index is 0.126. The van der Waals surface area contributed by atoms with Crippen LogP contribution in [-0.4, -0.2) is 20.2 Å². The van der Waals surface area contributed by atoms with E-state index < -0.39 is 0 Å². The lowest BCUT2D eigenvalue weighted by molar-refractivity contribution is 0.301. The van der Waals surface area contributed by atoms with Crippen LogP contribution in [0.3, 0.4) is 0 Å². The van der Waals surface area contributed by atoms with Crippen LogP contribution in [0.1, 0.15) is 22.3 Å². The lowest BCUT2D eigenvalue weighted by Gasteiger charge is -2.16. The Bertz CT molecular complexity index is 1760. The number of hydrogen-bond donors (Lipinski definition) is 2. The number of ether oxygens (including phenoxy) is 2. The van der Waals surface area contributed by atoms with Crippen LogP contribution in [0, 0.1) is 0 Å². The zero-order valence-corrected chi connectivity index (χ0v) is 23.2. The lowest BCUT2D eigenvalue weighted by Crippen LogP contribution is -2.03. The normalized spacial score (nSPS) is 11.2. The fourth-order valence-corrected chi connectivity index (χ4v) is 5.24. The average Bonchev–Trinajstić information content (AvgIpc) is 2.98. The third-order valence-corrected chi connectivity index (χ3v) is 7.34. The van der Waals surface area contributed by atoms with Gasteiger partial charge in [-0.05, 0) is 71.8 Å². The van der Waals surface area contributed by atoms with Crippen LogP contribution in [0.5, 0.6) is 23.0 Å². The van der Waals surface area contributed by atoms with Gasteiger partial charge in [-0.2, -0.15) is 0 Å². The van der Waals surface area contributed by atoms with Crippen LogP contribution in [0.25, 0.3) is 21.8 Å². The molecule has 0 radical (unpaired) electrons. The van der Waals surface area contributed by atoms with Gasteiger partial charge in [0.15, 0.2) is 0 Å². The van der Waals surface area contributed by atoms with Gasteiger partial charge in [0.2, 0.25) is 0 Å². The Morgan fingerprint density at radius 2 is 1.02 bits per heavy atom. The molecule has 2 heterocycles. The smallest absolute Gasteiger partial charge is 0.141 e. The number of hydrogen-bond acceptors (Lipinski definition) is 6. The molecule has 0 aliphatic carbocycles. The highest BCUT2D eigenvalue weighted by Crippen LogP contribution is 2.33. The second-order valence-corrected chi connectivity index (χ2v) is 10.4. The molecule has 0 spiro atoms. The Balaban J connectivity index is 1.26. The Hall–Kier alpha value is -4.52. The van der Waals surface area contributed by atoms with Crippen molar-refractivity contribution in [3.05, 3.63) is 130 Å². The molecule has 0 unspecified atom stereocenters. The van der Waals surface area contributed by atoms with Crippen molar-refractivity contribution in [3.63, 3.8) is 0 Å². The van der Waals surface area contributed by atoms with E-state index in [0.717, 1.165) is 33.0 Å². The summed E-state index contributed by atoms with van der Waals surface area (Å²) in [6.07, 6.45) is 3.76. The van der Waals surface area contributed by atoms with E-state index in [4.69, 9.17) is 32.7 Å². The van der Waals surface area contributed by atoms with Gasteiger partial charge in [0, 0.05) is 50.8 Å². The predicted molar refractivity (Wildman–Crippen MR) is 161 cm³/mol. The summed E-state index contributed by atoms with van der Waals surface area (Å²) in [4.78, 5) is 8.59. The van der Waals surface area contributed by atoms with Crippen LogP contribution in [0.2, 0.25) is 10.0 Å². The van der Waals surface area contributed by atoms with Crippen molar-refractivity contribution in [2.45, 2.75) is 19.6 Å². The predicted octanol–water partition coefficient (Wildman–Crippen LogP) is 8.25. The zero-order valence-electron chi connectivity index (χ0n) is 21.7. The molecule has 0 aliphatic rings. The average molecular weight is 583 g/mol. The molecule has 6 aromatic rings. The first-order chi connectivity index (χ1) is 20.0. The Labute approximate surface area is 246 Å². The van der Waals surface area contributed by atoms with Gasteiger partial charge in [0.1, 0.15) is 47.2 Å². The number of aromatic hydroxyl groups is 2. The summed E-state index contributed by atoms with van der Waals surface area (Å²) >= 11 is 12.8. The molecule has 0 bridgehead atoms. The van der Waals surface area contributed by atoms with Crippen molar-refractivity contribution < 1.29 is 19.7 Å². The van der Waals surface area contributed by atoms with E-state index in [1.165, 1.54) is 0 Å². The first kappa shape index (κ1) is 26.7. The first-order valence-corrected chi connectivity index (χ1v) is 13.7. The summed E-state index contributed by atoms with van der Waals surface area (Å²) in [6.45, 7) is 0.552. The van der Waals surface area contributed by atoms with Crippen LogP contribution in [0.15, 0.2) is 97.3 Å². The molecule has 0 saturated heterocycles. The van der Waals surface area contributed by atoms with Gasteiger partial charge < -0.3 is 19.7 Å². The van der Waals surface area contributed by atoms with Crippen molar-refractivity contribution in [1.82, 2.24) is 9.97 Å². The zero-order chi connectivity index (χ0) is 28.3. The summed E-state index contributed by atoms with van der Waals surface area (Å²) in [5.74, 6) is 1.59. The Kier molecular flexibility index (Phi) is 7.51. The molecule has 4 aromatic carbocycles. The van der Waals surface area contributed by atoms with Crippen molar-refractivity contribution in [2.24, 2.45) is 0 Å². The molecule has 0 amide bonds. The molecule has 0 saturated carbocycles. The molecule has 0 aliphatic heterocycles. The number of pyridine rings is 2. The molecule has 6 nitrogen and oxygen atoms in total. The van der Waals surface area contributed by atoms with Crippen LogP contribution >= 0.6 is 23.2 Å². The van der Waals surface area contributed by atoms with Gasteiger partial charge in [0.25, 0.3) is 0 Å². The number of nitrogens with zero attached hydrogens (tertiary/aromatic N) is 2. The van der Waals surface area contributed by atoms with Crippen molar-refractivity contribution in [3.8, 4) is 23.0 Å². The molecule has 2 N–H and O–H groups in total. The highest BCUT2D eigenvalue weighted by atomic mass is 35.5. The quantitative estimate of drug-likeness (QED) is 0.188. The van der Waals surface area contributed by atoms with E-state index in [1.807, 2.05) is 60.7 Å². The van der Waals surface area contributed by atoms with Crippen molar-refractivity contribution in [1.29, 1.82) is 0 Å². The highest BCUT2D eigenvalue weighted by Gasteiger charge is 2.14. The molecule has 8 heteroatoms. The molecule has 0 atom stereocenters. The number of aromatic nitrogens is 2. The molecular weight excluding hydrogens is 559 g/mol. The maximum atomic E-state index is 10.2. The molecule has 41 heavy (non-hydrogen) atoms. The summed E-state index contributed by atoms with van der Waals surface area (Å²) < 4.78 is 12.6. The van der Waals surface area contributed by atoms with E-state index >= 15 is 0 Å². The van der Waals surface area contributed by atoms with Crippen molar-refractivity contribution in [2.75, 3.05) is 0 Å². The molecule has 2 aromatic heterocycles. The van der Waals surface area contributed by atoms with E-state index in [1.54, 1.807) is 36.7 Å². The number of phenols is 2. The van der Waals surface area contributed by atoms with Crippen LogP contribution in [0.4, 0.5) is 0 Å². The fraction of sp³-hybridized carbons (Fsp3) is 0.0909. The molecule has 0 fully saturated rings. The maximum Gasteiger partial charge on any atom is 0.141 e. The number of fused-ring (bicyclic) bond motifs is 2. The third kappa shape index (κ3) is 5.71. The second kappa shape index (κ2) is 11.5. The Morgan fingerprint density at radius 3 is 1.49 bits per heavy atom. The van der Waals surface area contributed by atoms with Gasteiger partial charge >= 0.3 is 0 Å². The topological polar surface area (TPSA) is 84.7 Å². The summed E-state index contributed by atoms with van der Waals surface area (Å²) in [6, 6.07) is 25.4. The van der Waals surface area contributed by atoms with Gasteiger partial charge in [-0.15, -0.1) is 0 Å². The number of phenolic OH excluding ortho intramolecular Hbond substituents is 2. The van der Waals surface area contributed by atoms with Gasteiger partial charge in [-0.3, -0.25) is 9.97 Å². The minimum absolute atomic E-state index is 0.126. The van der Waals surface area contributed by atoms with E-state index in [2.05, 4.69) is 9.97 Å². The molecular formula is C33H24Cl2N2O4. The first-order valence-electron chi connectivity index (χ1n) is 12.9. The number of benzene rings is 4. The Morgan fingerprint density at radius 1 is 0.561 bits per heavy atom. The van der Waals surface area contributed by atoms with E-state index in [9.17, 15) is 10.2 Å². The largest absolute Gasteiger partial charge is 0.506 e. The van der Waals surface area contributed by atoms with E-state index in [-0.39, 0.29) is 24.7 Å². The monoisotopic (exact) mass is 582 g/mol. The standard InChI is InChI=1S/C33H24Cl2N2O4/c34-24-7-11-30(40-18-20-5-9-28(38)32-26(20)3-1-13-36-32)22(16-24)15-23-17-25(35)8-12-31(23)41-19-21-6-10-29(39)33-27(21)4-2-14-37-33/h1-14,16-17,38-39H,15,18-19H2. The minimum Gasteiger partial charge on any atom is -0.506 e. The maximum absolute atomic E-state index is 10.2. The van der Waals surface area contributed by atoms with Crippen LogP contribution < -0.4 is 9.47 Å². The number of rotatable bonds is 8. The van der Waals surface area contributed by atoms with Gasteiger partial charge in [-0.1, -0.05) is 47.5 Å².